The number of rotatable bonds is 3. The zero-order valence-electron chi connectivity index (χ0n) is 9.59. The molecule has 17 heavy (non-hydrogen) atoms. The number of piperidine rings is 1. The van der Waals surface area contributed by atoms with Crippen molar-refractivity contribution in [3.63, 3.8) is 0 Å². The predicted octanol–water partition coefficient (Wildman–Crippen LogP) is 0.0660. The van der Waals surface area contributed by atoms with E-state index in [2.05, 4.69) is 10.3 Å². The van der Waals surface area contributed by atoms with Crippen LogP contribution in [-0.4, -0.2) is 31.7 Å². The molecule has 2 heterocycles. The zero-order valence-corrected chi connectivity index (χ0v) is 10.4. The van der Waals surface area contributed by atoms with Gasteiger partial charge >= 0.3 is 0 Å². The maximum Gasteiger partial charge on any atom is 0.182 e. The Bertz CT molecular complexity index is 464. The molecule has 5 nitrogen and oxygen atoms in total. The fraction of sp³-hybridized carbons (Fsp3) is 0.545. The first kappa shape index (κ1) is 12.5. The Hall–Kier alpha value is -0.980. The second-order valence-corrected chi connectivity index (χ2v) is 6.41. The monoisotopic (exact) mass is 255 g/mol. The van der Waals surface area contributed by atoms with Crippen molar-refractivity contribution in [1.82, 2.24) is 10.3 Å². The largest absolute Gasteiger partial charge is 0.325 e. The minimum atomic E-state index is -3.23. The number of hydrogen-bond acceptors (Lipinski definition) is 5. The lowest BCUT2D eigenvalue weighted by molar-refractivity contribution is 0.496. The van der Waals surface area contributed by atoms with E-state index in [1.54, 1.807) is 12.1 Å². The molecule has 94 valence electrons. The Kier molecular flexibility index (Phi) is 3.76. The second-order valence-electron chi connectivity index (χ2n) is 4.18. The molecule has 1 saturated heterocycles. The zero-order chi connectivity index (χ0) is 12.3. The number of nitrogens with zero attached hydrogens (tertiary/aromatic N) is 1. The summed E-state index contributed by atoms with van der Waals surface area (Å²) >= 11 is 0. The fourth-order valence-electron chi connectivity index (χ4n) is 2.00. The number of aromatic nitrogens is 1. The Balaban J connectivity index is 2.23. The van der Waals surface area contributed by atoms with Gasteiger partial charge in [0.2, 0.25) is 0 Å². The fourth-order valence-corrected chi connectivity index (χ4v) is 3.70. The minimum Gasteiger partial charge on any atom is -0.325 e. The molecule has 1 fully saturated rings. The van der Waals surface area contributed by atoms with Crippen molar-refractivity contribution < 1.29 is 8.42 Å². The summed E-state index contributed by atoms with van der Waals surface area (Å²) in [6, 6.07) is 3.28. The SMILES string of the molecule is NCc1ccc(S(=O)(=O)C2CCNCC2)cn1. The summed E-state index contributed by atoms with van der Waals surface area (Å²) in [5.41, 5.74) is 6.13. The van der Waals surface area contributed by atoms with Gasteiger partial charge in [-0.3, -0.25) is 4.98 Å². The summed E-state index contributed by atoms with van der Waals surface area (Å²) in [6.07, 6.45) is 2.75. The van der Waals surface area contributed by atoms with E-state index < -0.39 is 9.84 Å². The molecule has 0 bridgehead atoms. The average molecular weight is 255 g/mol. The molecule has 0 saturated carbocycles. The maximum absolute atomic E-state index is 12.3. The molecule has 1 aromatic heterocycles. The summed E-state index contributed by atoms with van der Waals surface area (Å²) in [7, 11) is -3.23. The van der Waals surface area contributed by atoms with Crippen molar-refractivity contribution in [1.29, 1.82) is 0 Å². The number of nitrogens with one attached hydrogen (secondary N) is 1. The first-order valence-corrected chi connectivity index (χ1v) is 7.29. The molecule has 0 unspecified atom stereocenters. The van der Waals surface area contributed by atoms with E-state index in [0.717, 1.165) is 13.1 Å². The van der Waals surface area contributed by atoms with Gasteiger partial charge in [-0.1, -0.05) is 0 Å². The third-order valence-corrected chi connectivity index (χ3v) is 5.31. The average Bonchev–Trinajstić information content (AvgIpc) is 2.40. The van der Waals surface area contributed by atoms with Gasteiger partial charge in [0.25, 0.3) is 0 Å². The first-order valence-electron chi connectivity index (χ1n) is 5.74. The van der Waals surface area contributed by atoms with Crippen LogP contribution in [0.3, 0.4) is 0 Å². The summed E-state index contributed by atoms with van der Waals surface area (Å²) in [5.74, 6) is 0. The highest BCUT2D eigenvalue weighted by atomic mass is 32.2. The van der Waals surface area contributed by atoms with E-state index in [-0.39, 0.29) is 5.25 Å². The third-order valence-electron chi connectivity index (χ3n) is 3.06. The minimum absolute atomic E-state index is 0.283. The van der Waals surface area contributed by atoms with Crippen LogP contribution in [-0.2, 0) is 16.4 Å². The van der Waals surface area contributed by atoms with Crippen LogP contribution >= 0.6 is 0 Å². The van der Waals surface area contributed by atoms with E-state index >= 15 is 0 Å². The van der Waals surface area contributed by atoms with Gasteiger partial charge in [-0.2, -0.15) is 0 Å². The number of nitrogens with two attached hydrogens (primary N) is 1. The highest BCUT2D eigenvalue weighted by molar-refractivity contribution is 7.92. The molecular weight excluding hydrogens is 238 g/mol. The molecule has 0 atom stereocenters. The summed E-state index contributed by atoms with van der Waals surface area (Å²) in [4.78, 5) is 4.35. The predicted molar refractivity (Wildman–Crippen MR) is 65.2 cm³/mol. The van der Waals surface area contributed by atoms with E-state index in [0.29, 0.717) is 30.0 Å². The van der Waals surface area contributed by atoms with Crippen molar-refractivity contribution in [3.05, 3.63) is 24.0 Å². The van der Waals surface area contributed by atoms with Crippen LogP contribution in [0, 0.1) is 0 Å². The topological polar surface area (TPSA) is 85.1 Å². The van der Waals surface area contributed by atoms with Crippen LogP contribution in [0.2, 0.25) is 0 Å². The third kappa shape index (κ3) is 2.65. The standard InChI is InChI=1S/C11H17N3O2S/c12-7-9-1-2-11(8-14-9)17(15,16)10-3-5-13-6-4-10/h1-2,8,10,13H,3-7,12H2. The Morgan fingerprint density at radius 3 is 2.59 bits per heavy atom. The van der Waals surface area contributed by atoms with E-state index in [9.17, 15) is 8.42 Å². The highest BCUT2D eigenvalue weighted by Crippen LogP contribution is 2.21. The second kappa shape index (κ2) is 5.12. The number of pyridine rings is 1. The molecule has 0 amide bonds. The van der Waals surface area contributed by atoms with E-state index in [1.165, 1.54) is 6.20 Å². The number of hydrogen-bond donors (Lipinski definition) is 2. The molecule has 2 rings (SSSR count). The van der Waals surface area contributed by atoms with Gasteiger partial charge in [-0.15, -0.1) is 0 Å². The van der Waals surface area contributed by atoms with Crippen molar-refractivity contribution in [3.8, 4) is 0 Å². The van der Waals surface area contributed by atoms with Gasteiger partial charge in [-0.05, 0) is 38.1 Å². The van der Waals surface area contributed by atoms with Crippen LogP contribution in [0.1, 0.15) is 18.5 Å². The molecule has 6 heteroatoms. The lowest BCUT2D eigenvalue weighted by Gasteiger charge is -2.22. The van der Waals surface area contributed by atoms with Crippen LogP contribution in [0.4, 0.5) is 0 Å². The molecule has 0 radical (unpaired) electrons. The highest BCUT2D eigenvalue weighted by Gasteiger charge is 2.28. The van der Waals surface area contributed by atoms with Gasteiger partial charge in [0.15, 0.2) is 9.84 Å². The Morgan fingerprint density at radius 1 is 1.35 bits per heavy atom. The van der Waals surface area contributed by atoms with Gasteiger partial charge in [0.05, 0.1) is 15.8 Å². The lowest BCUT2D eigenvalue weighted by Crippen LogP contribution is -2.35. The van der Waals surface area contributed by atoms with E-state index in [1.807, 2.05) is 0 Å². The lowest BCUT2D eigenvalue weighted by atomic mass is 10.2. The maximum atomic E-state index is 12.3. The van der Waals surface area contributed by atoms with Crippen LogP contribution in [0.25, 0.3) is 0 Å². The normalized spacial score (nSPS) is 18.2. The van der Waals surface area contributed by atoms with Crippen molar-refractivity contribution in [2.24, 2.45) is 5.73 Å². The van der Waals surface area contributed by atoms with Crippen LogP contribution in [0.5, 0.6) is 0 Å². The summed E-state index contributed by atoms with van der Waals surface area (Å²) < 4.78 is 24.6. The molecule has 3 N–H and O–H groups in total. The van der Waals surface area contributed by atoms with Gasteiger partial charge < -0.3 is 11.1 Å². The van der Waals surface area contributed by atoms with Crippen molar-refractivity contribution >= 4 is 9.84 Å². The van der Waals surface area contributed by atoms with Crippen molar-refractivity contribution in [2.75, 3.05) is 13.1 Å². The van der Waals surface area contributed by atoms with Crippen LogP contribution < -0.4 is 11.1 Å². The Morgan fingerprint density at radius 2 is 2.06 bits per heavy atom. The van der Waals surface area contributed by atoms with Crippen molar-refractivity contribution in [2.45, 2.75) is 29.5 Å². The quantitative estimate of drug-likeness (QED) is 0.798. The summed E-state index contributed by atoms with van der Waals surface area (Å²) in [5, 5.41) is 2.88. The van der Waals surface area contributed by atoms with Gasteiger partial charge in [-0.25, -0.2) is 8.42 Å². The van der Waals surface area contributed by atoms with E-state index in [4.69, 9.17) is 5.73 Å². The molecule has 1 aliphatic heterocycles. The number of sulfone groups is 1. The molecule has 0 aromatic carbocycles. The molecule has 0 aliphatic carbocycles. The van der Waals surface area contributed by atoms with Gasteiger partial charge in [0.1, 0.15) is 0 Å². The van der Waals surface area contributed by atoms with Crippen LogP contribution in [0.15, 0.2) is 23.2 Å². The Labute approximate surface area is 101 Å². The molecule has 1 aliphatic rings. The first-order chi connectivity index (χ1) is 8.14. The van der Waals surface area contributed by atoms with Gasteiger partial charge in [0, 0.05) is 12.7 Å². The smallest absolute Gasteiger partial charge is 0.182 e. The molecule has 0 spiro atoms. The summed E-state index contributed by atoms with van der Waals surface area (Å²) in [6.45, 7) is 1.85. The molecular formula is C11H17N3O2S. The molecule has 1 aromatic rings.